The first kappa shape index (κ1) is 34.9. The molecule has 3 nitrogen and oxygen atoms in total. The summed E-state index contributed by atoms with van der Waals surface area (Å²) in [7, 11) is 0. The third kappa shape index (κ3) is 5.98. The maximum atomic E-state index is 6.30. The number of furan rings is 1. The summed E-state index contributed by atoms with van der Waals surface area (Å²) < 4.78 is 8.66. The molecule has 0 atom stereocenters. The Morgan fingerprint density at radius 1 is 0.328 bits per heavy atom. The molecule has 0 unspecified atom stereocenters. The molecule has 2 heterocycles. The Balaban J connectivity index is 0.931. The topological polar surface area (TPSA) is 21.3 Å². The Bertz CT molecular complexity index is 3520. The summed E-state index contributed by atoms with van der Waals surface area (Å²) in [6, 6.07) is 82.9. The van der Waals surface area contributed by atoms with E-state index in [4.69, 9.17) is 4.42 Å². The van der Waals surface area contributed by atoms with E-state index in [9.17, 15) is 0 Å². The minimum Gasteiger partial charge on any atom is -0.456 e. The average molecular weight is 779 g/mol. The molecule has 0 aliphatic carbocycles. The second kappa shape index (κ2) is 14.3. The Labute approximate surface area is 353 Å². The first-order valence-electron chi connectivity index (χ1n) is 20.8. The van der Waals surface area contributed by atoms with Crippen LogP contribution in [0.1, 0.15) is 0 Å². The van der Waals surface area contributed by atoms with E-state index in [1.165, 1.54) is 49.3 Å². The molecule has 0 aliphatic rings. The fraction of sp³-hybridized carbons (Fsp3) is 0. The van der Waals surface area contributed by atoms with Gasteiger partial charge in [0.25, 0.3) is 0 Å². The van der Waals surface area contributed by atoms with Crippen molar-refractivity contribution in [2.45, 2.75) is 0 Å². The minimum absolute atomic E-state index is 0.893. The summed E-state index contributed by atoms with van der Waals surface area (Å²) >= 11 is 0. The van der Waals surface area contributed by atoms with Crippen molar-refractivity contribution in [3.05, 3.63) is 231 Å². The van der Waals surface area contributed by atoms with Gasteiger partial charge in [-0.15, -0.1) is 0 Å². The van der Waals surface area contributed by atoms with E-state index in [1.54, 1.807) is 0 Å². The van der Waals surface area contributed by atoms with E-state index in [-0.39, 0.29) is 0 Å². The lowest BCUT2D eigenvalue weighted by atomic mass is 9.98. The van der Waals surface area contributed by atoms with Crippen LogP contribution >= 0.6 is 0 Å². The van der Waals surface area contributed by atoms with Crippen molar-refractivity contribution >= 4 is 71.6 Å². The van der Waals surface area contributed by atoms with Gasteiger partial charge >= 0.3 is 0 Å². The zero-order chi connectivity index (χ0) is 40.3. The highest BCUT2D eigenvalue weighted by Gasteiger charge is 2.18. The van der Waals surface area contributed by atoms with Crippen molar-refractivity contribution in [3.63, 3.8) is 0 Å². The second-order valence-corrected chi connectivity index (χ2v) is 15.7. The molecule has 2 aromatic heterocycles. The highest BCUT2D eigenvalue weighted by molar-refractivity contribution is 6.13. The second-order valence-electron chi connectivity index (χ2n) is 15.7. The van der Waals surface area contributed by atoms with Gasteiger partial charge in [0.1, 0.15) is 11.2 Å². The fourth-order valence-corrected chi connectivity index (χ4v) is 9.25. The number of para-hydroxylation sites is 3. The maximum Gasteiger partial charge on any atom is 0.136 e. The largest absolute Gasteiger partial charge is 0.456 e. The molecule has 0 radical (unpaired) electrons. The van der Waals surface area contributed by atoms with Crippen LogP contribution in [0.15, 0.2) is 235 Å². The standard InChI is InChI=1S/C58H38N2O/c1-2-12-43-37-44(24-23-39(43)11-1)42-29-33-47(34-30-42)59(49-14-9-13-45(38-49)50-18-10-22-57-58(50)53-17-5-8-21-56(53)61-57)46-31-25-40(26-32-46)41-27-35-48(36-28-41)60-54-19-6-3-15-51(54)52-16-4-7-20-55(52)60/h1-38H. The molecule has 0 N–H and O–H groups in total. The van der Waals surface area contributed by atoms with Crippen LogP contribution in [0.2, 0.25) is 0 Å². The van der Waals surface area contributed by atoms with Gasteiger partial charge in [-0.3, -0.25) is 0 Å². The number of aromatic nitrogens is 1. The molecule has 12 aromatic rings. The molecular weight excluding hydrogens is 741 g/mol. The van der Waals surface area contributed by atoms with E-state index in [1.807, 2.05) is 12.1 Å². The van der Waals surface area contributed by atoms with Gasteiger partial charge in [-0.1, -0.05) is 152 Å². The molecular formula is C58H38N2O. The Kier molecular flexibility index (Phi) is 8.17. The molecule has 0 amide bonds. The Morgan fingerprint density at radius 3 is 1.57 bits per heavy atom. The van der Waals surface area contributed by atoms with Gasteiger partial charge in [0.15, 0.2) is 0 Å². The van der Waals surface area contributed by atoms with Crippen molar-refractivity contribution in [2.75, 3.05) is 4.90 Å². The van der Waals surface area contributed by atoms with Gasteiger partial charge in [0, 0.05) is 44.3 Å². The van der Waals surface area contributed by atoms with Gasteiger partial charge in [-0.2, -0.15) is 0 Å². The molecule has 3 heteroatoms. The Hall–Kier alpha value is -8.14. The SMILES string of the molecule is c1cc(-c2cccc3oc4ccccc4c23)cc(N(c2ccc(-c3ccc(-n4c5ccccc5c5ccccc54)cc3)cc2)c2ccc(-c3ccc4ccccc4c3)cc2)c1. The third-order valence-corrected chi connectivity index (χ3v) is 12.2. The zero-order valence-corrected chi connectivity index (χ0v) is 33.2. The summed E-state index contributed by atoms with van der Waals surface area (Å²) in [4.78, 5) is 2.36. The molecule has 0 saturated heterocycles. The predicted molar refractivity (Wildman–Crippen MR) is 257 cm³/mol. The van der Waals surface area contributed by atoms with Crippen molar-refractivity contribution in [2.24, 2.45) is 0 Å². The lowest BCUT2D eigenvalue weighted by Crippen LogP contribution is -2.10. The van der Waals surface area contributed by atoms with Crippen LogP contribution in [-0.4, -0.2) is 4.57 Å². The van der Waals surface area contributed by atoms with Gasteiger partial charge in [-0.25, -0.2) is 0 Å². The van der Waals surface area contributed by atoms with E-state index in [0.29, 0.717) is 0 Å². The highest BCUT2D eigenvalue weighted by atomic mass is 16.3. The molecule has 0 fully saturated rings. The fourth-order valence-electron chi connectivity index (χ4n) is 9.25. The van der Waals surface area contributed by atoms with Crippen LogP contribution in [-0.2, 0) is 0 Å². The number of nitrogens with zero attached hydrogens (tertiary/aromatic N) is 2. The van der Waals surface area contributed by atoms with Crippen molar-refractivity contribution in [1.82, 2.24) is 4.57 Å². The molecule has 0 spiro atoms. The first-order chi connectivity index (χ1) is 30.2. The minimum atomic E-state index is 0.893. The van der Waals surface area contributed by atoms with E-state index >= 15 is 0 Å². The van der Waals surface area contributed by atoms with Crippen molar-refractivity contribution in [1.29, 1.82) is 0 Å². The van der Waals surface area contributed by atoms with Crippen LogP contribution in [0.25, 0.3) is 93.6 Å². The quantitative estimate of drug-likeness (QED) is 0.161. The summed E-state index contributed by atoms with van der Waals surface area (Å²) in [6.07, 6.45) is 0. The monoisotopic (exact) mass is 778 g/mol. The van der Waals surface area contributed by atoms with Crippen LogP contribution in [0.4, 0.5) is 17.1 Å². The van der Waals surface area contributed by atoms with Gasteiger partial charge in [-0.05, 0) is 123 Å². The Morgan fingerprint density at radius 2 is 0.869 bits per heavy atom. The van der Waals surface area contributed by atoms with Crippen LogP contribution in [0.3, 0.4) is 0 Å². The number of anilines is 3. The summed E-state index contributed by atoms with van der Waals surface area (Å²) in [5, 5.41) is 7.28. The van der Waals surface area contributed by atoms with Crippen LogP contribution < -0.4 is 4.90 Å². The van der Waals surface area contributed by atoms with Gasteiger partial charge < -0.3 is 13.9 Å². The summed E-state index contributed by atoms with van der Waals surface area (Å²) in [5.74, 6) is 0. The summed E-state index contributed by atoms with van der Waals surface area (Å²) in [5.41, 5.74) is 15.6. The van der Waals surface area contributed by atoms with Crippen LogP contribution in [0.5, 0.6) is 0 Å². The van der Waals surface area contributed by atoms with E-state index in [2.05, 4.69) is 228 Å². The van der Waals surface area contributed by atoms with E-state index < -0.39 is 0 Å². The number of hydrogen-bond donors (Lipinski definition) is 0. The third-order valence-electron chi connectivity index (χ3n) is 12.2. The zero-order valence-electron chi connectivity index (χ0n) is 33.2. The van der Waals surface area contributed by atoms with E-state index in [0.717, 1.165) is 61.4 Å². The van der Waals surface area contributed by atoms with Crippen LogP contribution in [0, 0.1) is 0 Å². The number of fused-ring (bicyclic) bond motifs is 7. The number of hydrogen-bond acceptors (Lipinski definition) is 2. The maximum absolute atomic E-state index is 6.30. The molecule has 0 aliphatic heterocycles. The average Bonchev–Trinajstić information content (AvgIpc) is 3.88. The molecule has 286 valence electrons. The molecule has 10 aromatic carbocycles. The molecule has 0 saturated carbocycles. The smallest absolute Gasteiger partial charge is 0.136 e. The summed E-state index contributed by atoms with van der Waals surface area (Å²) in [6.45, 7) is 0. The number of benzene rings is 10. The molecule has 12 rings (SSSR count). The lowest BCUT2D eigenvalue weighted by molar-refractivity contribution is 0.669. The van der Waals surface area contributed by atoms with Gasteiger partial charge in [0.05, 0.1) is 11.0 Å². The number of rotatable bonds is 7. The normalized spacial score (nSPS) is 11.6. The molecule has 0 bridgehead atoms. The molecule has 61 heavy (non-hydrogen) atoms. The van der Waals surface area contributed by atoms with Gasteiger partial charge in [0.2, 0.25) is 0 Å². The predicted octanol–water partition coefficient (Wildman–Crippen LogP) is 16.3. The first-order valence-corrected chi connectivity index (χ1v) is 20.8. The van der Waals surface area contributed by atoms with Crippen molar-refractivity contribution < 1.29 is 4.42 Å². The lowest BCUT2D eigenvalue weighted by Gasteiger charge is -2.26. The van der Waals surface area contributed by atoms with Crippen molar-refractivity contribution in [3.8, 4) is 39.1 Å². The highest BCUT2D eigenvalue weighted by Crippen LogP contribution is 2.42.